The molecule has 18 heavy (non-hydrogen) atoms. The summed E-state index contributed by atoms with van der Waals surface area (Å²) in [6.07, 6.45) is 1.77. The molecule has 2 aromatic rings. The normalized spacial score (nSPS) is 10.2. The lowest BCUT2D eigenvalue weighted by molar-refractivity contribution is 0.102. The van der Waals surface area contributed by atoms with E-state index in [2.05, 4.69) is 20.7 Å². The Hall–Kier alpha value is -2.37. The number of carbonyl (C=O) groups excluding carboxylic acids is 1. The molecule has 0 radical (unpaired) electrons. The highest BCUT2D eigenvalue weighted by atomic mass is 16.1. The summed E-state index contributed by atoms with van der Waals surface area (Å²) in [5, 5.41) is 9.75. The third-order valence-electron chi connectivity index (χ3n) is 2.43. The van der Waals surface area contributed by atoms with E-state index in [1.165, 1.54) is 0 Å². The molecule has 0 saturated carbocycles. The second-order valence-electron chi connectivity index (χ2n) is 3.96. The van der Waals surface area contributed by atoms with E-state index in [-0.39, 0.29) is 5.91 Å². The van der Waals surface area contributed by atoms with Crippen LogP contribution in [0.2, 0.25) is 0 Å². The van der Waals surface area contributed by atoms with Crippen molar-refractivity contribution in [2.75, 3.05) is 17.7 Å². The van der Waals surface area contributed by atoms with Gasteiger partial charge in [-0.1, -0.05) is 0 Å². The second kappa shape index (κ2) is 4.87. The molecule has 0 fully saturated rings. The first kappa shape index (κ1) is 12.1. The van der Waals surface area contributed by atoms with E-state index < -0.39 is 0 Å². The lowest BCUT2D eigenvalue weighted by Gasteiger charge is -2.06. The number of carbonyl (C=O) groups is 1. The van der Waals surface area contributed by atoms with Crippen LogP contribution >= 0.6 is 0 Å². The van der Waals surface area contributed by atoms with Crippen LogP contribution < -0.4 is 10.6 Å². The lowest BCUT2D eigenvalue weighted by Crippen LogP contribution is -2.13. The van der Waals surface area contributed by atoms with Gasteiger partial charge in [-0.15, -0.1) is 0 Å². The van der Waals surface area contributed by atoms with Gasteiger partial charge in [0.1, 0.15) is 5.82 Å². The fourth-order valence-corrected chi connectivity index (χ4v) is 1.60. The molecule has 2 N–H and O–H groups in total. The van der Waals surface area contributed by atoms with Crippen LogP contribution in [0, 0.1) is 6.92 Å². The topological polar surface area (TPSA) is 71.8 Å². The molecular formula is C12H15N5O. The van der Waals surface area contributed by atoms with Gasteiger partial charge in [-0.25, -0.2) is 4.98 Å². The van der Waals surface area contributed by atoms with Crippen LogP contribution in [-0.2, 0) is 7.05 Å². The summed E-state index contributed by atoms with van der Waals surface area (Å²) in [7, 11) is 3.56. The molecule has 0 atom stereocenters. The summed E-state index contributed by atoms with van der Waals surface area (Å²) < 4.78 is 1.63. The molecule has 0 spiro atoms. The first-order chi connectivity index (χ1) is 8.58. The Morgan fingerprint density at radius 1 is 1.33 bits per heavy atom. The molecule has 2 rings (SSSR count). The Bertz CT molecular complexity index is 576. The van der Waals surface area contributed by atoms with E-state index >= 15 is 0 Å². The molecule has 0 aromatic carbocycles. The average molecular weight is 245 g/mol. The van der Waals surface area contributed by atoms with Crippen molar-refractivity contribution in [2.24, 2.45) is 7.05 Å². The fraction of sp³-hybridized carbons (Fsp3) is 0.250. The Labute approximate surface area is 105 Å². The maximum atomic E-state index is 12.0. The largest absolute Gasteiger partial charge is 0.373 e. The summed E-state index contributed by atoms with van der Waals surface area (Å²) in [6, 6.07) is 5.18. The monoisotopic (exact) mass is 245 g/mol. The van der Waals surface area contributed by atoms with Gasteiger partial charge in [-0.3, -0.25) is 9.48 Å². The summed E-state index contributed by atoms with van der Waals surface area (Å²) in [6.45, 7) is 1.85. The van der Waals surface area contributed by atoms with Crippen LogP contribution in [-0.4, -0.2) is 27.7 Å². The first-order valence-corrected chi connectivity index (χ1v) is 5.56. The number of amides is 1. The maximum absolute atomic E-state index is 12.0. The Morgan fingerprint density at radius 2 is 2.11 bits per heavy atom. The van der Waals surface area contributed by atoms with E-state index in [1.807, 2.05) is 6.92 Å². The zero-order valence-corrected chi connectivity index (χ0v) is 10.6. The van der Waals surface area contributed by atoms with E-state index in [9.17, 15) is 4.79 Å². The molecule has 6 nitrogen and oxygen atoms in total. The summed E-state index contributed by atoms with van der Waals surface area (Å²) >= 11 is 0. The molecule has 2 aromatic heterocycles. The van der Waals surface area contributed by atoms with Gasteiger partial charge < -0.3 is 10.6 Å². The molecule has 1 amide bonds. The number of hydrogen-bond acceptors (Lipinski definition) is 4. The minimum Gasteiger partial charge on any atom is -0.373 e. The van der Waals surface area contributed by atoms with E-state index in [1.54, 1.807) is 43.2 Å². The summed E-state index contributed by atoms with van der Waals surface area (Å²) in [4.78, 5) is 16.3. The standard InChI is InChI=1S/C12H15N5O/c1-8-6-9(7-11(13-2)14-8)12(18)15-10-4-5-17(3)16-10/h4-7H,1-3H3,(H,13,14)(H,15,16,18). The van der Waals surface area contributed by atoms with Crippen molar-refractivity contribution in [3.05, 3.63) is 35.7 Å². The van der Waals surface area contributed by atoms with Crippen molar-refractivity contribution in [2.45, 2.75) is 6.92 Å². The van der Waals surface area contributed by atoms with Crippen LogP contribution in [0.25, 0.3) is 0 Å². The number of anilines is 2. The second-order valence-corrected chi connectivity index (χ2v) is 3.96. The fourth-order valence-electron chi connectivity index (χ4n) is 1.60. The molecule has 0 aliphatic carbocycles. The van der Waals surface area contributed by atoms with Crippen molar-refractivity contribution >= 4 is 17.5 Å². The molecule has 6 heteroatoms. The van der Waals surface area contributed by atoms with Crippen LogP contribution in [0.15, 0.2) is 24.4 Å². The third-order valence-corrected chi connectivity index (χ3v) is 2.43. The molecule has 2 heterocycles. The van der Waals surface area contributed by atoms with Crippen molar-refractivity contribution in [1.82, 2.24) is 14.8 Å². The maximum Gasteiger partial charge on any atom is 0.257 e. The van der Waals surface area contributed by atoms with Gasteiger partial charge in [0, 0.05) is 37.6 Å². The number of aromatic nitrogens is 3. The van der Waals surface area contributed by atoms with Crippen molar-refractivity contribution < 1.29 is 4.79 Å². The quantitative estimate of drug-likeness (QED) is 0.857. The summed E-state index contributed by atoms with van der Waals surface area (Å²) in [5.41, 5.74) is 1.34. The van der Waals surface area contributed by atoms with Gasteiger partial charge in [0.2, 0.25) is 0 Å². The van der Waals surface area contributed by atoms with Gasteiger partial charge in [0.25, 0.3) is 5.91 Å². The minimum absolute atomic E-state index is 0.198. The number of pyridine rings is 1. The Morgan fingerprint density at radius 3 is 2.72 bits per heavy atom. The number of rotatable bonds is 3. The van der Waals surface area contributed by atoms with Crippen molar-refractivity contribution in [3.8, 4) is 0 Å². The van der Waals surface area contributed by atoms with Crippen molar-refractivity contribution in [1.29, 1.82) is 0 Å². The van der Waals surface area contributed by atoms with Gasteiger partial charge >= 0.3 is 0 Å². The lowest BCUT2D eigenvalue weighted by atomic mass is 10.2. The minimum atomic E-state index is -0.198. The van der Waals surface area contributed by atoms with E-state index in [0.717, 1.165) is 5.69 Å². The Kier molecular flexibility index (Phi) is 3.27. The predicted molar refractivity (Wildman–Crippen MR) is 69.7 cm³/mol. The highest BCUT2D eigenvalue weighted by Crippen LogP contribution is 2.11. The zero-order valence-electron chi connectivity index (χ0n) is 10.6. The number of aryl methyl sites for hydroxylation is 2. The highest BCUT2D eigenvalue weighted by Gasteiger charge is 2.09. The third kappa shape index (κ3) is 2.65. The van der Waals surface area contributed by atoms with Gasteiger partial charge in [-0.05, 0) is 19.1 Å². The van der Waals surface area contributed by atoms with Gasteiger partial charge in [0.05, 0.1) is 0 Å². The first-order valence-electron chi connectivity index (χ1n) is 5.56. The van der Waals surface area contributed by atoms with Crippen LogP contribution in [0.1, 0.15) is 16.1 Å². The van der Waals surface area contributed by atoms with E-state index in [0.29, 0.717) is 17.2 Å². The smallest absolute Gasteiger partial charge is 0.257 e. The molecule has 0 unspecified atom stereocenters. The van der Waals surface area contributed by atoms with E-state index in [4.69, 9.17) is 0 Å². The molecule has 0 aliphatic rings. The SMILES string of the molecule is CNc1cc(C(=O)Nc2ccn(C)n2)cc(C)n1. The molecule has 0 bridgehead atoms. The zero-order chi connectivity index (χ0) is 13.1. The van der Waals surface area contributed by atoms with Crippen LogP contribution in [0.4, 0.5) is 11.6 Å². The highest BCUT2D eigenvalue weighted by molar-refractivity contribution is 6.04. The van der Waals surface area contributed by atoms with Gasteiger partial charge in [-0.2, -0.15) is 5.10 Å². The number of nitrogens with one attached hydrogen (secondary N) is 2. The number of hydrogen-bond donors (Lipinski definition) is 2. The predicted octanol–water partition coefficient (Wildman–Crippen LogP) is 1.42. The average Bonchev–Trinajstić information content (AvgIpc) is 2.73. The molecule has 0 aliphatic heterocycles. The summed E-state index contributed by atoms with van der Waals surface area (Å²) in [5.74, 6) is 1.000. The van der Waals surface area contributed by atoms with Crippen LogP contribution in [0.3, 0.4) is 0 Å². The Balaban J connectivity index is 2.20. The number of nitrogens with zero attached hydrogens (tertiary/aromatic N) is 3. The molecular weight excluding hydrogens is 230 g/mol. The van der Waals surface area contributed by atoms with Crippen LogP contribution in [0.5, 0.6) is 0 Å². The molecule has 0 saturated heterocycles. The van der Waals surface area contributed by atoms with Gasteiger partial charge in [0.15, 0.2) is 5.82 Å². The van der Waals surface area contributed by atoms with Crippen molar-refractivity contribution in [3.63, 3.8) is 0 Å². The molecule has 94 valence electrons.